The van der Waals surface area contributed by atoms with Gasteiger partial charge in [-0.05, 0) is 56.1 Å². The van der Waals surface area contributed by atoms with Gasteiger partial charge in [0.25, 0.3) is 5.91 Å². The smallest absolute Gasteiger partial charge is 0.254 e. The standard InChI is InChI=1S/C28H36N4O3/c1-21(33)30-28-12-15-32(19-25(28)26(29-20-28)22-8-3-2-4-9-22)27(34)23-10-7-11-24(18-23)35-17-16-31-13-5-6-14-31/h2-4,7-11,18,25-26,29H,5-6,12-17,19-20H2,1H3,(H,30,33)/t25-,26-,28-/m1/s1. The van der Waals surface area contributed by atoms with Crippen molar-refractivity contribution in [1.29, 1.82) is 0 Å². The molecule has 186 valence electrons. The molecule has 3 fully saturated rings. The number of hydrogen-bond donors (Lipinski definition) is 2. The second kappa shape index (κ2) is 10.4. The van der Waals surface area contributed by atoms with Gasteiger partial charge in [-0.3, -0.25) is 14.5 Å². The highest BCUT2D eigenvalue weighted by Gasteiger charge is 2.52. The Morgan fingerprint density at radius 3 is 2.66 bits per heavy atom. The maximum atomic E-state index is 13.5. The highest BCUT2D eigenvalue weighted by atomic mass is 16.5. The number of rotatable bonds is 7. The zero-order chi connectivity index (χ0) is 24.3. The molecule has 2 aromatic rings. The number of fused-ring (bicyclic) bond motifs is 1. The van der Waals surface area contributed by atoms with E-state index in [2.05, 4.69) is 27.7 Å². The van der Waals surface area contributed by atoms with Crippen molar-refractivity contribution in [1.82, 2.24) is 20.4 Å². The Balaban J connectivity index is 1.29. The van der Waals surface area contributed by atoms with Crippen LogP contribution in [0.4, 0.5) is 0 Å². The summed E-state index contributed by atoms with van der Waals surface area (Å²) in [5.41, 5.74) is 1.49. The number of benzene rings is 2. The second-order valence-electron chi connectivity index (χ2n) is 10.1. The first-order valence-electron chi connectivity index (χ1n) is 12.9. The molecule has 2 amide bonds. The quantitative estimate of drug-likeness (QED) is 0.643. The summed E-state index contributed by atoms with van der Waals surface area (Å²) in [6, 6.07) is 18.0. The van der Waals surface area contributed by atoms with Crippen LogP contribution in [0.25, 0.3) is 0 Å². The number of likely N-dealkylation sites (tertiary alicyclic amines) is 2. The first kappa shape index (κ1) is 23.8. The zero-order valence-electron chi connectivity index (χ0n) is 20.5. The molecule has 35 heavy (non-hydrogen) atoms. The molecule has 2 N–H and O–H groups in total. The number of amides is 2. The molecule has 0 aliphatic carbocycles. The molecule has 0 saturated carbocycles. The lowest BCUT2D eigenvalue weighted by Gasteiger charge is -2.45. The van der Waals surface area contributed by atoms with E-state index >= 15 is 0 Å². The summed E-state index contributed by atoms with van der Waals surface area (Å²) in [5.74, 6) is 0.824. The molecule has 2 aromatic carbocycles. The van der Waals surface area contributed by atoms with Crippen molar-refractivity contribution < 1.29 is 14.3 Å². The van der Waals surface area contributed by atoms with Crippen LogP contribution in [0.2, 0.25) is 0 Å². The van der Waals surface area contributed by atoms with E-state index in [0.29, 0.717) is 31.8 Å². The summed E-state index contributed by atoms with van der Waals surface area (Å²) < 4.78 is 5.98. The highest BCUT2D eigenvalue weighted by Crippen LogP contribution is 2.42. The van der Waals surface area contributed by atoms with Gasteiger partial charge in [0.1, 0.15) is 12.4 Å². The molecule has 3 heterocycles. The van der Waals surface area contributed by atoms with Crippen molar-refractivity contribution in [3.05, 3.63) is 65.7 Å². The molecule has 0 aromatic heterocycles. The van der Waals surface area contributed by atoms with Crippen LogP contribution in [-0.4, -0.2) is 73.0 Å². The Hall–Kier alpha value is -2.90. The lowest BCUT2D eigenvalue weighted by molar-refractivity contribution is -0.121. The van der Waals surface area contributed by atoms with Crippen molar-refractivity contribution in [2.75, 3.05) is 45.9 Å². The van der Waals surface area contributed by atoms with Crippen molar-refractivity contribution in [2.45, 2.75) is 37.8 Å². The lowest BCUT2D eigenvalue weighted by atomic mass is 9.75. The van der Waals surface area contributed by atoms with E-state index in [9.17, 15) is 9.59 Å². The van der Waals surface area contributed by atoms with Crippen LogP contribution in [0.3, 0.4) is 0 Å². The van der Waals surface area contributed by atoms with E-state index in [4.69, 9.17) is 4.74 Å². The molecule has 3 aliphatic rings. The lowest BCUT2D eigenvalue weighted by Crippen LogP contribution is -2.61. The SMILES string of the molecule is CC(=O)N[C@@]12CCN(C(=O)c3cccc(OCCN4CCCC4)c3)C[C@@H]1[C@@H](c1ccccc1)NC2. The molecule has 3 atom stereocenters. The minimum Gasteiger partial charge on any atom is -0.492 e. The Morgan fingerprint density at radius 1 is 1.09 bits per heavy atom. The fourth-order valence-corrected chi connectivity index (χ4v) is 6.05. The molecule has 3 aliphatic heterocycles. The summed E-state index contributed by atoms with van der Waals surface area (Å²) in [7, 11) is 0. The predicted octanol–water partition coefficient (Wildman–Crippen LogP) is 2.84. The monoisotopic (exact) mass is 476 g/mol. The van der Waals surface area contributed by atoms with E-state index in [0.717, 1.165) is 31.8 Å². The molecule has 5 rings (SSSR count). The minimum absolute atomic E-state index is 0.0186. The van der Waals surface area contributed by atoms with Crippen LogP contribution < -0.4 is 15.4 Å². The summed E-state index contributed by atoms with van der Waals surface area (Å²) in [6.45, 7) is 7.34. The minimum atomic E-state index is -0.344. The van der Waals surface area contributed by atoms with Gasteiger partial charge in [-0.2, -0.15) is 0 Å². The molecule has 0 spiro atoms. The van der Waals surface area contributed by atoms with E-state index in [1.807, 2.05) is 47.4 Å². The van der Waals surface area contributed by atoms with Crippen LogP contribution in [0.15, 0.2) is 54.6 Å². The fraction of sp³-hybridized carbons (Fsp3) is 0.500. The van der Waals surface area contributed by atoms with Crippen molar-refractivity contribution in [3.63, 3.8) is 0 Å². The molecular weight excluding hydrogens is 440 g/mol. The van der Waals surface area contributed by atoms with Crippen LogP contribution in [0, 0.1) is 5.92 Å². The second-order valence-corrected chi connectivity index (χ2v) is 10.1. The topological polar surface area (TPSA) is 73.9 Å². The van der Waals surface area contributed by atoms with Gasteiger partial charge in [0, 0.05) is 50.6 Å². The summed E-state index contributed by atoms with van der Waals surface area (Å²) in [5, 5.41) is 6.89. The molecule has 0 bridgehead atoms. The van der Waals surface area contributed by atoms with E-state index in [1.54, 1.807) is 6.92 Å². The van der Waals surface area contributed by atoms with Gasteiger partial charge in [0.05, 0.1) is 5.54 Å². The van der Waals surface area contributed by atoms with Crippen LogP contribution in [-0.2, 0) is 4.79 Å². The third kappa shape index (κ3) is 5.21. The summed E-state index contributed by atoms with van der Waals surface area (Å²) in [6.07, 6.45) is 3.26. The first-order chi connectivity index (χ1) is 17.0. The van der Waals surface area contributed by atoms with E-state index in [-0.39, 0.29) is 29.3 Å². The number of carbonyl (C=O) groups is 2. The third-order valence-electron chi connectivity index (χ3n) is 7.82. The molecule has 7 heteroatoms. The van der Waals surface area contributed by atoms with Crippen LogP contribution in [0.1, 0.15) is 48.1 Å². The number of nitrogens with zero attached hydrogens (tertiary/aromatic N) is 2. The average molecular weight is 477 g/mol. The van der Waals surface area contributed by atoms with E-state index < -0.39 is 0 Å². The van der Waals surface area contributed by atoms with Gasteiger partial charge in [-0.15, -0.1) is 0 Å². The van der Waals surface area contributed by atoms with Crippen molar-refractivity contribution >= 4 is 11.8 Å². The first-order valence-corrected chi connectivity index (χ1v) is 12.9. The fourth-order valence-electron chi connectivity index (χ4n) is 6.05. The molecular formula is C28H36N4O3. The zero-order valence-corrected chi connectivity index (χ0v) is 20.5. The number of hydrogen-bond acceptors (Lipinski definition) is 5. The summed E-state index contributed by atoms with van der Waals surface area (Å²) >= 11 is 0. The van der Waals surface area contributed by atoms with Gasteiger partial charge in [0.15, 0.2) is 0 Å². The highest BCUT2D eigenvalue weighted by molar-refractivity contribution is 5.94. The molecule has 0 radical (unpaired) electrons. The van der Waals surface area contributed by atoms with Gasteiger partial charge in [-0.1, -0.05) is 36.4 Å². The maximum absolute atomic E-state index is 13.5. The number of piperidine rings is 1. The van der Waals surface area contributed by atoms with Crippen LogP contribution in [0.5, 0.6) is 5.75 Å². The predicted molar refractivity (Wildman–Crippen MR) is 135 cm³/mol. The van der Waals surface area contributed by atoms with Crippen molar-refractivity contribution in [3.8, 4) is 5.75 Å². The Morgan fingerprint density at radius 2 is 1.89 bits per heavy atom. The Labute approximate surface area is 207 Å². The third-order valence-corrected chi connectivity index (χ3v) is 7.82. The average Bonchev–Trinajstić information content (AvgIpc) is 3.51. The molecule has 0 unspecified atom stereocenters. The normalized spacial score (nSPS) is 26.4. The van der Waals surface area contributed by atoms with Gasteiger partial charge in [-0.25, -0.2) is 0 Å². The largest absolute Gasteiger partial charge is 0.492 e. The Bertz CT molecular complexity index is 1040. The number of carbonyl (C=O) groups excluding carboxylic acids is 2. The molecule has 3 saturated heterocycles. The Kier molecular flexibility index (Phi) is 7.07. The summed E-state index contributed by atoms with van der Waals surface area (Å²) in [4.78, 5) is 30.0. The van der Waals surface area contributed by atoms with Gasteiger partial charge < -0.3 is 20.3 Å². The molecule has 7 nitrogen and oxygen atoms in total. The van der Waals surface area contributed by atoms with E-state index in [1.165, 1.54) is 18.4 Å². The van der Waals surface area contributed by atoms with Crippen molar-refractivity contribution in [2.24, 2.45) is 5.92 Å². The maximum Gasteiger partial charge on any atom is 0.254 e. The number of ether oxygens (including phenoxy) is 1. The van der Waals surface area contributed by atoms with Crippen LogP contribution >= 0.6 is 0 Å². The van der Waals surface area contributed by atoms with Gasteiger partial charge in [0.2, 0.25) is 5.91 Å². The van der Waals surface area contributed by atoms with Gasteiger partial charge >= 0.3 is 0 Å². The number of nitrogens with one attached hydrogen (secondary N) is 2.